The van der Waals surface area contributed by atoms with Gasteiger partial charge in [-0.1, -0.05) is 6.92 Å². The fourth-order valence-corrected chi connectivity index (χ4v) is 2.11. The van der Waals surface area contributed by atoms with Gasteiger partial charge in [0.1, 0.15) is 0 Å². The second kappa shape index (κ2) is 5.44. The Labute approximate surface area is 105 Å². The number of carbonyl (C=O) groups is 1. The average Bonchev–Trinajstić information content (AvgIpc) is 2.34. The Balaban J connectivity index is 2.00. The van der Waals surface area contributed by atoms with E-state index in [4.69, 9.17) is 0 Å². The Bertz CT molecular complexity index is 451. The van der Waals surface area contributed by atoms with Crippen LogP contribution in [0.3, 0.4) is 0 Å². The molecule has 1 saturated heterocycles. The van der Waals surface area contributed by atoms with Crippen LogP contribution >= 0.6 is 0 Å². The number of benzene rings is 1. The van der Waals surface area contributed by atoms with Crippen molar-refractivity contribution in [3.63, 3.8) is 0 Å². The Morgan fingerprint density at radius 2 is 2.17 bits per heavy atom. The molecule has 1 aliphatic heterocycles. The van der Waals surface area contributed by atoms with Gasteiger partial charge in [-0.05, 0) is 37.4 Å². The minimum absolute atomic E-state index is 0.201. The summed E-state index contributed by atoms with van der Waals surface area (Å²) in [6.45, 7) is 2.90. The first kappa shape index (κ1) is 13.0. The van der Waals surface area contributed by atoms with Crippen molar-refractivity contribution in [1.82, 2.24) is 5.32 Å². The van der Waals surface area contributed by atoms with Gasteiger partial charge < -0.3 is 10.6 Å². The highest BCUT2D eigenvalue weighted by Gasteiger charge is 2.24. The van der Waals surface area contributed by atoms with Crippen LogP contribution in [0.4, 0.5) is 14.5 Å². The van der Waals surface area contributed by atoms with Gasteiger partial charge in [0.25, 0.3) is 0 Å². The van der Waals surface area contributed by atoms with Crippen LogP contribution in [0.1, 0.15) is 19.8 Å². The Morgan fingerprint density at radius 3 is 2.83 bits per heavy atom. The van der Waals surface area contributed by atoms with Crippen LogP contribution < -0.4 is 10.6 Å². The fourth-order valence-electron chi connectivity index (χ4n) is 2.11. The SMILES string of the molecule is CC1CCNC(C(=O)Nc2ccc(F)c(F)c2)C1. The first-order valence-electron chi connectivity index (χ1n) is 6.05. The topological polar surface area (TPSA) is 41.1 Å². The zero-order chi connectivity index (χ0) is 13.1. The maximum absolute atomic E-state index is 13.0. The molecular weight excluding hydrogens is 238 g/mol. The van der Waals surface area contributed by atoms with Gasteiger partial charge in [0.15, 0.2) is 11.6 Å². The summed E-state index contributed by atoms with van der Waals surface area (Å²) in [6, 6.07) is 3.08. The highest BCUT2D eigenvalue weighted by atomic mass is 19.2. The number of hydrogen-bond acceptors (Lipinski definition) is 2. The molecule has 0 bridgehead atoms. The van der Waals surface area contributed by atoms with E-state index in [9.17, 15) is 13.6 Å². The molecular formula is C13H16F2N2O. The van der Waals surface area contributed by atoms with E-state index < -0.39 is 11.6 Å². The first-order valence-corrected chi connectivity index (χ1v) is 6.05. The zero-order valence-electron chi connectivity index (χ0n) is 10.2. The first-order chi connectivity index (χ1) is 8.56. The van der Waals surface area contributed by atoms with Crippen LogP contribution in [0.2, 0.25) is 0 Å². The second-order valence-corrected chi connectivity index (χ2v) is 4.75. The molecule has 2 rings (SSSR count). The zero-order valence-corrected chi connectivity index (χ0v) is 10.2. The van der Waals surface area contributed by atoms with Crippen LogP contribution in [0.15, 0.2) is 18.2 Å². The standard InChI is InChI=1S/C13H16F2N2O/c1-8-4-5-16-12(6-8)13(18)17-9-2-3-10(14)11(15)7-9/h2-3,7-8,12,16H,4-6H2,1H3,(H,17,18). The number of piperidine rings is 1. The van der Waals surface area contributed by atoms with Crippen molar-refractivity contribution in [2.24, 2.45) is 5.92 Å². The van der Waals surface area contributed by atoms with Crippen molar-refractivity contribution in [3.05, 3.63) is 29.8 Å². The number of rotatable bonds is 2. The predicted molar refractivity (Wildman–Crippen MR) is 65.2 cm³/mol. The molecule has 0 aliphatic carbocycles. The van der Waals surface area contributed by atoms with Crippen molar-refractivity contribution in [3.8, 4) is 0 Å². The molecule has 3 nitrogen and oxygen atoms in total. The molecule has 98 valence electrons. The summed E-state index contributed by atoms with van der Waals surface area (Å²) in [6.07, 6.45) is 1.81. The predicted octanol–water partition coefficient (Wildman–Crippen LogP) is 2.29. The molecule has 1 aliphatic rings. The molecule has 0 aromatic heterocycles. The van der Waals surface area contributed by atoms with Gasteiger partial charge in [0.05, 0.1) is 6.04 Å². The number of amides is 1. The van der Waals surface area contributed by atoms with E-state index >= 15 is 0 Å². The molecule has 2 unspecified atom stereocenters. The van der Waals surface area contributed by atoms with E-state index in [-0.39, 0.29) is 17.6 Å². The molecule has 5 heteroatoms. The summed E-state index contributed by atoms with van der Waals surface area (Å²) in [5.41, 5.74) is 0.277. The number of anilines is 1. The molecule has 0 spiro atoms. The number of nitrogens with one attached hydrogen (secondary N) is 2. The lowest BCUT2D eigenvalue weighted by atomic mass is 9.94. The molecule has 0 radical (unpaired) electrons. The maximum Gasteiger partial charge on any atom is 0.241 e. The van der Waals surface area contributed by atoms with Crippen LogP contribution in [-0.4, -0.2) is 18.5 Å². The van der Waals surface area contributed by atoms with E-state index in [1.165, 1.54) is 6.07 Å². The summed E-state index contributed by atoms with van der Waals surface area (Å²) in [7, 11) is 0. The summed E-state index contributed by atoms with van der Waals surface area (Å²) >= 11 is 0. The summed E-state index contributed by atoms with van der Waals surface area (Å²) < 4.78 is 25.7. The van der Waals surface area contributed by atoms with Gasteiger partial charge in [0.2, 0.25) is 5.91 Å². The van der Waals surface area contributed by atoms with E-state index in [0.29, 0.717) is 5.92 Å². The molecule has 1 heterocycles. The molecule has 0 saturated carbocycles. The summed E-state index contributed by atoms with van der Waals surface area (Å²) in [5.74, 6) is -1.59. The Morgan fingerprint density at radius 1 is 1.39 bits per heavy atom. The third-order valence-electron chi connectivity index (χ3n) is 3.17. The van der Waals surface area contributed by atoms with Gasteiger partial charge in [-0.2, -0.15) is 0 Å². The van der Waals surface area contributed by atoms with E-state index in [2.05, 4.69) is 17.6 Å². The minimum Gasteiger partial charge on any atom is -0.325 e. The van der Waals surface area contributed by atoms with Gasteiger partial charge >= 0.3 is 0 Å². The third-order valence-corrected chi connectivity index (χ3v) is 3.17. The second-order valence-electron chi connectivity index (χ2n) is 4.75. The van der Waals surface area contributed by atoms with Crippen LogP contribution in [0, 0.1) is 17.6 Å². The Kier molecular flexibility index (Phi) is 3.91. The maximum atomic E-state index is 13.0. The van der Waals surface area contributed by atoms with Gasteiger partial charge in [-0.15, -0.1) is 0 Å². The minimum atomic E-state index is -0.960. The lowest BCUT2D eigenvalue weighted by Crippen LogP contribution is -2.45. The van der Waals surface area contributed by atoms with Gasteiger partial charge in [0, 0.05) is 11.8 Å². The monoisotopic (exact) mass is 254 g/mol. The van der Waals surface area contributed by atoms with Crippen molar-refractivity contribution in [2.45, 2.75) is 25.8 Å². The van der Waals surface area contributed by atoms with Crippen LogP contribution in [-0.2, 0) is 4.79 Å². The lowest BCUT2D eigenvalue weighted by Gasteiger charge is -2.27. The van der Waals surface area contributed by atoms with Gasteiger partial charge in [-0.25, -0.2) is 8.78 Å². The van der Waals surface area contributed by atoms with Gasteiger partial charge in [-0.3, -0.25) is 4.79 Å². The number of carbonyl (C=O) groups excluding carboxylic acids is 1. The molecule has 2 atom stereocenters. The molecule has 1 aromatic carbocycles. The molecule has 1 fully saturated rings. The molecule has 18 heavy (non-hydrogen) atoms. The average molecular weight is 254 g/mol. The van der Waals surface area contributed by atoms with E-state index in [1.54, 1.807) is 0 Å². The quantitative estimate of drug-likeness (QED) is 0.850. The smallest absolute Gasteiger partial charge is 0.241 e. The molecule has 1 amide bonds. The lowest BCUT2D eigenvalue weighted by molar-refractivity contribution is -0.119. The fraction of sp³-hybridized carbons (Fsp3) is 0.462. The highest BCUT2D eigenvalue weighted by Crippen LogP contribution is 2.18. The van der Waals surface area contributed by atoms with E-state index in [0.717, 1.165) is 31.5 Å². The number of hydrogen-bond donors (Lipinski definition) is 2. The van der Waals surface area contributed by atoms with Crippen molar-refractivity contribution in [2.75, 3.05) is 11.9 Å². The summed E-state index contributed by atoms with van der Waals surface area (Å²) in [4.78, 5) is 11.9. The number of halogens is 2. The van der Waals surface area contributed by atoms with Crippen molar-refractivity contribution in [1.29, 1.82) is 0 Å². The largest absolute Gasteiger partial charge is 0.325 e. The highest BCUT2D eigenvalue weighted by molar-refractivity contribution is 5.94. The summed E-state index contributed by atoms with van der Waals surface area (Å²) in [5, 5.41) is 5.71. The van der Waals surface area contributed by atoms with Crippen molar-refractivity contribution < 1.29 is 13.6 Å². The van der Waals surface area contributed by atoms with E-state index in [1.807, 2.05) is 0 Å². The Hall–Kier alpha value is -1.49. The normalized spacial score (nSPS) is 23.7. The van der Waals surface area contributed by atoms with Crippen molar-refractivity contribution >= 4 is 11.6 Å². The molecule has 1 aromatic rings. The molecule has 2 N–H and O–H groups in total. The third kappa shape index (κ3) is 3.04. The van der Waals surface area contributed by atoms with Crippen LogP contribution in [0.25, 0.3) is 0 Å². The van der Waals surface area contributed by atoms with Crippen LogP contribution in [0.5, 0.6) is 0 Å².